The minimum absolute atomic E-state index is 0.119. The van der Waals surface area contributed by atoms with Crippen molar-refractivity contribution in [2.75, 3.05) is 19.7 Å². The van der Waals surface area contributed by atoms with Crippen molar-refractivity contribution >= 4 is 0 Å². The van der Waals surface area contributed by atoms with E-state index in [1.807, 2.05) is 5.32 Å². The zero-order valence-corrected chi connectivity index (χ0v) is 17.7. The number of aliphatic hydroxyl groups is 3. The Morgan fingerprint density at radius 1 is 1.19 bits per heavy atom. The molecular formula is C20H35F2N5O4. The predicted octanol–water partition coefficient (Wildman–Crippen LogP) is -1.28. The number of fused-ring (bicyclic) bond motifs is 1. The van der Waals surface area contributed by atoms with Crippen LogP contribution in [0.2, 0.25) is 0 Å². The van der Waals surface area contributed by atoms with Gasteiger partial charge in [0, 0.05) is 31.2 Å². The van der Waals surface area contributed by atoms with Crippen molar-refractivity contribution < 1.29 is 28.8 Å². The number of hydrogen-bond donors (Lipinski definition) is 8. The standard InChI is InChI=1S/C20H35F2N5O4/c1-10-15(21)18(27-20(28,29)30)26-19(24-10)25-13-9-12-5-8-31-17(12)14(16(13)22)11-3-2-6-23-7-4-11/h4,10,12-19,23-30H,2-3,5-9H2,1H3. The minimum Gasteiger partial charge on any atom is -0.377 e. The normalized spacial score (nSPS) is 44.5. The molecule has 0 aromatic heterocycles. The van der Waals surface area contributed by atoms with Crippen molar-refractivity contribution in [2.24, 2.45) is 11.8 Å². The average molecular weight is 448 g/mol. The lowest BCUT2D eigenvalue weighted by molar-refractivity contribution is -0.339. The minimum atomic E-state index is -3.23. The van der Waals surface area contributed by atoms with E-state index in [-0.39, 0.29) is 17.9 Å². The van der Waals surface area contributed by atoms with E-state index in [1.54, 1.807) is 6.92 Å². The second-order valence-corrected chi connectivity index (χ2v) is 9.21. The second-order valence-electron chi connectivity index (χ2n) is 9.21. The Hall–Kier alpha value is -0.760. The Balaban J connectivity index is 1.47. The van der Waals surface area contributed by atoms with Gasteiger partial charge in [0.15, 0.2) is 0 Å². The van der Waals surface area contributed by atoms with Crippen LogP contribution in [0, 0.1) is 11.8 Å². The molecule has 0 amide bonds. The van der Waals surface area contributed by atoms with Gasteiger partial charge < -0.3 is 25.4 Å². The highest BCUT2D eigenvalue weighted by molar-refractivity contribution is 5.18. The van der Waals surface area contributed by atoms with Gasteiger partial charge in [-0.3, -0.25) is 16.0 Å². The maximum atomic E-state index is 15.9. The van der Waals surface area contributed by atoms with Gasteiger partial charge in [0.1, 0.15) is 18.6 Å². The van der Waals surface area contributed by atoms with Gasteiger partial charge >= 0.3 is 6.10 Å². The number of alkyl halides is 2. The van der Waals surface area contributed by atoms with Crippen molar-refractivity contribution in [3.8, 4) is 0 Å². The number of halogens is 2. The molecule has 0 spiro atoms. The number of ether oxygens (including phenoxy) is 1. The van der Waals surface area contributed by atoms with Crippen LogP contribution in [0.4, 0.5) is 8.78 Å². The van der Waals surface area contributed by atoms with Crippen LogP contribution < -0.4 is 26.6 Å². The van der Waals surface area contributed by atoms with Crippen molar-refractivity contribution in [3.05, 3.63) is 11.6 Å². The molecule has 3 heterocycles. The molecule has 178 valence electrons. The zero-order valence-electron chi connectivity index (χ0n) is 17.7. The molecule has 0 radical (unpaired) electrons. The highest BCUT2D eigenvalue weighted by Crippen LogP contribution is 2.44. The topological polar surface area (TPSA) is 130 Å². The first-order chi connectivity index (χ1) is 14.7. The molecule has 3 aliphatic heterocycles. The van der Waals surface area contributed by atoms with Crippen LogP contribution in [0.5, 0.6) is 0 Å². The molecule has 0 aromatic carbocycles. The molecule has 4 aliphatic rings. The number of nitrogens with one attached hydrogen (secondary N) is 5. The molecule has 0 aromatic rings. The Labute approximate surface area is 181 Å². The molecule has 31 heavy (non-hydrogen) atoms. The molecular weight excluding hydrogens is 412 g/mol. The Morgan fingerprint density at radius 3 is 2.77 bits per heavy atom. The molecule has 9 unspecified atom stereocenters. The first-order valence-corrected chi connectivity index (χ1v) is 11.3. The first-order valence-electron chi connectivity index (χ1n) is 11.3. The van der Waals surface area contributed by atoms with Crippen molar-refractivity contribution in [1.29, 1.82) is 0 Å². The molecule has 9 atom stereocenters. The summed E-state index contributed by atoms with van der Waals surface area (Å²) in [6.07, 6.45) is -2.62. The summed E-state index contributed by atoms with van der Waals surface area (Å²) in [6, 6.07) is -1.16. The fourth-order valence-corrected chi connectivity index (χ4v) is 5.50. The van der Waals surface area contributed by atoms with Crippen LogP contribution in [-0.2, 0) is 4.74 Å². The van der Waals surface area contributed by atoms with E-state index in [9.17, 15) is 19.7 Å². The zero-order chi connectivity index (χ0) is 22.2. The predicted molar refractivity (Wildman–Crippen MR) is 109 cm³/mol. The lowest BCUT2D eigenvalue weighted by Crippen LogP contribution is -2.75. The van der Waals surface area contributed by atoms with Crippen LogP contribution >= 0.6 is 0 Å². The van der Waals surface area contributed by atoms with E-state index < -0.39 is 43.0 Å². The third-order valence-corrected chi connectivity index (χ3v) is 6.96. The summed E-state index contributed by atoms with van der Waals surface area (Å²) in [5.41, 5.74) is 1.10. The van der Waals surface area contributed by atoms with Gasteiger partial charge in [0.25, 0.3) is 0 Å². The summed E-state index contributed by atoms with van der Waals surface area (Å²) >= 11 is 0. The van der Waals surface area contributed by atoms with Gasteiger partial charge in [-0.25, -0.2) is 14.1 Å². The van der Waals surface area contributed by atoms with Gasteiger partial charge in [-0.2, -0.15) is 0 Å². The van der Waals surface area contributed by atoms with Crippen LogP contribution in [0.3, 0.4) is 0 Å². The summed E-state index contributed by atoms with van der Waals surface area (Å²) in [7, 11) is 0. The van der Waals surface area contributed by atoms with E-state index in [0.29, 0.717) is 13.0 Å². The van der Waals surface area contributed by atoms with E-state index in [1.165, 1.54) is 0 Å². The molecule has 4 rings (SSSR count). The fourth-order valence-electron chi connectivity index (χ4n) is 5.50. The Bertz CT molecular complexity index is 652. The SMILES string of the molecule is CC1NC(NC2CC3CCOC3C(C3=CCNCCC3)C2F)NC(NC(O)(O)O)C1F. The Kier molecular flexibility index (Phi) is 7.26. The second kappa shape index (κ2) is 9.62. The van der Waals surface area contributed by atoms with E-state index in [2.05, 4.69) is 27.3 Å². The first kappa shape index (κ1) is 23.4. The van der Waals surface area contributed by atoms with Gasteiger partial charge in [-0.1, -0.05) is 11.6 Å². The van der Waals surface area contributed by atoms with E-state index in [0.717, 1.165) is 37.9 Å². The summed E-state index contributed by atoms with van der Waals surface area (Å²) in [6.45, 7) is 3.88. The largest absolute Gasteiger partial charge is 0.377 e. The molecule has 9 nitrogen and oxygen atoms in total. The summed E-state index contributed by atoms with van der Waals surface area (Å²) < 4.78 is 36.3. The quantitative estimate of drug-likeness (QED) is 0.192. The average Bonchev–Trinajstić information content (AvgIpc) is 2.98. The van der Waals surface area contributed by atoms with Crippen LogP contribution in [0.25, 0.3) is 0 Å². The molecule has 11 heteroatoms. The van der Waals surface area contributed by atoms with Crippen molar-refractivity contribution in [1.82, 2.24) is 26.6 Å². The lowest BCUT2D eigenvalue weighted by atomic mass is 9.71. The van der Waals surface area contributed by atoms with Crippen LogP contribution in [0.15, 0.2) is 11.6 Å². The van der Waals surface area contributed by atoms with Crippen LogP contribution in [0.1, 0.15) is 32.6 Å². The van der Waals surface area contributed by atoms with E-state index in [4.69, 9.17) is 4.74 Å². The van der Waals surface area contributed by atoms with Gasteiger partial charge in [-0.15, -0.1) is 0 Å². The maximum absolute atomic E-state index is 15.9. The van der Waals surface area contributed by atoms with Gasteiger partial charge in [0.05, 0.1) is 12.3 Å². The van der Waals surface area contributed by atoms with Crippen molar-refractivity contribution in [2.45, 2.75) is 81.7 Å². The van der Waals surface area contributed by atoms with Crippen molar-refractivity contribution in [3.63, 3.8) is 0 Å². The summed E-state index contributed by atoms with van der Waals surface area (Å²) in [5.74, 6) is -0.0714. The third kappa shape index (κ3) is 5.43. The molecule has 3 fully saturated rings. The highest BCUT2D eigenvalue weighted by Gasteiger charge is 2.50. The molecule has 8 N–H and O–H groups in total. The monoisotopic (exact) mass is 447 g/mol. The highest BCUT2D eigenvalue weighted by atomic mass is 19.1. The number of hydrogen-bond acceptors (Lipinski definition) is 9. The van der Waals surface area contributed by atoms with Gasteiger partial charge in [0.2, 0.25) is 0 Å². The Morgan fingerprint density at radius 2 is 2.00 bits per heavy atom. The van der Waals surface area contributed by atoms with Gasteiger partial charge in [-0.05, 0) is 45.1 Å². The summed E-state index contributed by atoms with van der Waals surface area (Å²) in [4.78, 5) is 0. The fraction of sp³-hybridized carbons (Fsp3) is 0.900. The smallest absolute Gasteiger partial charge is 0.344 e. The molecule has 0 bridgehead atoms. The lowest BCUT2D eigenvalue weighted by Gasteiger charge is -2.46. The molecule has 1 saturated carbocycles. The summed E-state index contributed by atoms with van der Waals surface area (Å²) in [5, 5.41) is 41.9. The van der Waals surface area contributed by atoms with E-state index >= 15 is 4.39 Å². The third-order valence-electron chi connectivity index (χ3n) is 6.96. The molecule has 1 aliphatic carbocycles. The van der Waals surface area contributed by atoms with Crippen LogP contribution in [-0.4, -0.2) is 84.1 Å². The maximum Gasteiger partial charge on any atom is 0.344 e. The number of rotatable bonds is 5. The molecule has 2 saturated heterocycles.